The SMILES string of the molecule is Cc1ccc(NC(=O)c2ccc(C(=O)N3Cc4ccccc4Cc4ccccc43)cc2)c(C)c1. The number of aryl methyl sites for hydroxylation is 2. The minimum absolute atomic E-state index is 0.0782. The molecule has 4 heteroatoms. The molecule has 0 unspecified atom stereocenters. The molecule has 0 saturated carbocycles. The van der Waals surface area contributed by atoms with Crippen molar-refractivity contribution in [3.05, 3.63) is 130 Å². The summed E-state index contributed by atoms with van der Waals surface area (Å²) in [6.45, 7) is 4.51. The molecule has 0 spiro atoms. The first kappa shape index (κ1) is 21.7. The average Bonchev–Trinajstić information content (AvgIpc) is 3.02. The third-order valence-electron chi connectivity index (χ3n) is 6.38. The van der Waals surface area contributed by atoms with Crippen LogP contribution in [0, 0.1) is 13.8 Å². The van der Waals surface area contributed by atoms with Crippen LogP contribution in [-0.2, 0) is 13.0 Å². The van der Waals surface area contributed by atoms with E-state index in [0.717, 1.165) is 40.0 Å². The van der Waals surface area contributed by atoms with Crippen LogP contribution in [-0.4, -0.2) is 11.8 Å². The van der Waals surface area contributed by atoms with Crippen molar-refractivity contribution in [3.8, 4) is 0 Å². The first-order chi connectivity index (χ1) is 16.5. The molecule has 0 saturated heterocycles. The lowest BCUT2D eigenvalue weighted by Crippen LogP contribution is -2.30. The summed E-state index contributed by atoms with van der Waals surface area (Å²) in [6.07, 6.45) is 0.799. The van der Waals surface area contributed by atoms with Crippen molar-refractivity contribution in [1.82, 2.24) is 0 Å². The highest BCUT2D eigenvalue weighted by molar-refractivity contribution is 6.08. The summed E-state index contributed by atoms with van der Waals surface area (Å²) in [7, 11) is 0. The zero-order valence-electron chi connectivity index (χ0n) is 19.3. The van der Waals surface area contributed by atoms with Crippen molar-refractivity contribution in [2.24, 2.45) is 0 Å². The first-order valence-electron chi connectivity index (χ1n) is 11.4. The number of amides is 2. The number of carbonyl (C=O) groups excluding carboxylic acids is 2. The largest absolute Gasteiger partial charge is 0.322 e. The summed E-state index contributed by atoms with van der Waals surface area (Å²) < 4.78 is 0. The summed E-state index contributed by atoms with van der Waals surface area (Å²) in [5.41, 5.74) is 8.47. The standard InChI is InChI=1S/C30H26N2O2/c1-20-11-16-27(21(2)17-20)31-29(33)22-12-14-23(15-13-22)30(34)32-19-26-9-4-3-7-24(26)18-25-8-5-6-10-28(25)32/h3-17H,18-19H2,1-2H3,(H,31,33). The first-order valence-corrected chi connectivity index (χ1v) is 11.4. The van der Waals surface area contributed by atoms with E-state index in [-0.39, 0.29) is 11.8 Å². The quantitative estimate of drug-likeness (QED) is 0.401. The van der Waals surface area contributed by atoms with Gasteiger partial charge in [0.1, 0.15) is 0 Å². The Labute approximate surface area is 199 Å². The highest BCUT2D eigenvalue weighted by atomic mass is 16.2. The molecule has 1 aliphatic heterocycles. The van der Waals surface area contributed by atoms with E-state index in [1.165, 1.54) is 5.56 Å². The zero-order valence-corrected chi connectivity index (χ0v) is 19.3. The Balaban J connectivity index is 1.40. The zero-order chi connectivity index (χ0) is 23.7. The maximum atomic E-state index is 13.6. The number of benzene rings is 4. The fraction of sp³-hybridized carbons (Fsp3) is 0.133. The van der Waals surface area contributed by atoms with Crippen LogP contribution in [0.5, 0.6) is 0 Å². The van der Waals surface area contributed by atoms with Crippen LogP contribution in [0.1, 0.15) is 48.5 Å². The van der Waals surface area contributed by atoms with E-state index < -0.39 is 0 Å². The lowest BCUT2D eigenvalue weighted by atomic mass is 10.0. The molecule has 1 N–H and O–H groups in total. The monoisotopic (exact) mass is 446 g/mol. The van der Waals surface area contributed by atoms with Crippen LogP contribution in [0.2, 0.25) is 0 Å². The summed E-state index contributed by atoms with van der Waals surface area (Å²) in [4.78, 5) is 28.2. The highest BCUT2D eigenvalue weighted by Gasteiger charge is 2.24. The fourth-order valence-electron chi connectivity index (χ4n) is 4.52. The number of fused-ring (bicyclic) bond motifs is 2. The van der Waals surface area contributed by atoms with Crippen LogP contribution >= 0.6 is 0 Å². The minimum Gasteiger partial charge on any atom is -0.322 e. The van der Waals surface area contributed by atoms with Gasteiger partial charge in [-0.1, -0.05) is 60.2 Å². The lowest BCUT2D eigenvalue weighted by Gasteiger charge is -2.23. The Kier molecular flexibility index (Phi) is 5.72. The molecule has 0 fully saturated rings. The Morgan fingerprint density at radius 3 is 2.12 bits per heavy atom. The molecule has 4 aromatic rings. The van der Waals surface area contributed by atoms with Gasteiger partial charge in [0.25, 0.3) is 11.8 Å². The molecule has 1 heterocycles. The van der Waals surface area contributed by atoms with Gasteiger partial charge in [-0.25, -0.2) is 0 Å². The number of carbonyl (C=O) groups is 2. The second kappa shape index (κ2) is 8.99. The van der Waals surface area contributed by atoms with Crippen LogP contribution in [0.4, 0.5) is 11.4 Å². The van der Waals surface area contributed by atoms with Gasteiger partial charge in [0.2, 0.25) is 0 Å². The predicted molar refractivity (Wildman–Crippen MR) is 137 cm³/mol. The van der Waals surface area contributed by atoms with Crippen molar-refractivity contribution in [2.75, 3.05) is 10.2 Å². The molecule has 4 aromatic carbocycles. The Morgan fingerprint density at radius 1 is 0.735 bits per heavy atom. The number of hydrogen-bond acceptors (Lipinski definition) is 2. The summed E-state index contributed by atoms with van der Waals surface area (Å²) >= 11 is 0. The second-order valence-corrected chi connectivity index (χ2v) is 8.82. The van der Waals surface area contributed by atoms with E-state index >= 15 is 0 Å². The van der Waals surface area contributed by atoms with E-state index in [4.69, 9.17) is 0 Å². The number of anilines is 2. The summed E-state index contributed by atoms with van der Waals surface area (Å²) in [5.74, 6) is -0.273. The lowest BCUT2D eigenvalue weighted by molar-refractivity contribution is 0.0982. The van der Waals surface area contributed by atoms with Crippen molar-refractivity contribution < 1.29 is 9.59 Å². The van der Waals surface area contributed by atoms with E-state index in [9.17, 15) is 9.59 Å². The molecule has 34 heavy (non-hydrogen) atoms. The molecule has 4 nitrogen and oxygen atoms in total. The molecule has 0 bridgehead atoms. The van der Waals surface area contributed by atoms with Crippen LogP contribution in [0.15, 0.2) is 91.0 Å². The number of nitrogens with one attached hydrogen (secondary N) is 1. The predicted octanol–water partition coefficient (Wildman–Crippen LogP) is 6.31. The number of para-hydroxylation sites is 1. The molecule has 0 aromatic heterocycles. The second-order valence-electron chi connectivity index (χ2n) is 8.82. The average molecular weight is 447 g/mol. The Bertz CT molecular complexity index is 1390. The summed E-state index contributed by atoms with van der Waals surface area (Å²) in [5, 5.41) is 2.96. The van der Waals surface area contributed by atoms with Gasteiger partial charge in [-0.3, -0.25) is 9.59 Å². The highest BCUT2D eigenvalue weighted by Crippen LogP contribution is 2.31. The van der Waals surface area contributed by atoms with Crippen molar-refractivity contribution in [1.29, 1.82) is 0 Å². The maximum Gasteiger partial charge on any atom is 0.258 e. The third-order valence-corrected chi connectivity index (χ3v) is 6.38. The topological polar surface area (TPSA) is 49.4 Å². The molecule has 0 radical (unpaired) electrons. The van der Waals surface area contributed by atoms with E-state index in [0.29, 0.717) is 17.7 Å². The molecule has 0 aliphatic carbocycles. The molecular weight excluding hydrogens is 420 g/mol. The third kappa shape index (κ3) is 4.23. The normalized spacial score (nSPS) is 12.4. The number of rotatable bonds is 3. The van der Waals surface area contributed by atoms with Crippen molar-refractivity contribution >= 4 is 23.2 Å². The minimum atomic E-state index is -0.194. The molecule has 0 atom stereocenters. The van der Waals surface area contributed by atoms with E-state index in [2.05, 4.69) is 23.5 Å². The van der Waals surface area contributed by atoms with Crippen LogP contribution in [0.25, 0.3) is 0 Å². The van der Waals surface area contributed by atoms with Gasteiger partial charge >= 0.3 is 0 Å². The molecule has 2 amide bonds. The van der Waals surface area contributed by atoms with Gasteiger partial charge in [0.05, 0.1) is 6.54 Å². The van der Waals surface area contributed by atoms with E-state index in [1.54, 1.807) is 24.3 Å². The van der Waals surface area contributed by atoms with Crippen molar-refractivity contribution in [3.63, 3.8) is 0 Å². The number of hydrogen-bond donors (Lipinski definition) is 1. The van der Waals surface area contributed by atoms with Crippen LogP contribution < -0.4 is 10.2 Å². The van der Waals surface area contributed by atoms with Gasteiger partial charge in [-0.05, 0) is 78.9 Å². The van der Waals surface area contributed by atoms with Gasteiger partial charge in [-0.2, -0.15) is 0 Å². The molecular formula is C30H26N2O2. The van der Waals surface area contributed by atoms with Gasteiger partial charge in [0.15, 0.2) is 0 Å². The fourth-order valence-corrected chi connectivity index (χ4v) is 4.52. The number of nitrogens with zero attached hydrogens (tertiary/aromatic N) is 1. The van der Waals surface area contributed by atoms with Gasteiger partial charge in [0, 0.05) is 22.5 Å². The summed E-state index contributed by atoms with van der Waals surface area (Å²) in [6, 6.07) is 29.2. The van der Waals surface area contributed by atoms with Gasteiger partial charge in [-0.15, -0.1) is 0 Å². The van der Waals surface area contributed by atoms with Crippen LogP contribution in [0.3, 0.4) is 0 Å². The van der Waals surface area contributed by atoms with Gasteiger partial charge < -0.3 is 10.2 Å². The van der Waals surface area contributed by atoms with Crippen molar-refractivity contribution in [2.45, 2.75) is 26.8 Å². The molecule has 1 aliphatic rings. The Hall–Kier alpha value is -4.18. The maximum absolute atomic E-state index is 13.6. The molecule has 5 rings (SSSR count). The van der Waals surface area contributed by atoms with E-state index in [1.807, 2.05) is 67.3 Å². The smallest absolute Gasteiger partial charge is 0.258 e. The molecule has 168 valence electrons. The Morgan fingerprint density at radius 2 is 1.38 bits per heavy atom.